The molecule has 0 radical (unpaired) electrons. The van der Waals surface area contributed by atoms with Gasteiger partial charge in [-0.05, 0) is 31.7 Å². The van der Waals surface area contributed by atoms with Gasteiger partial charge in [0.2, 0.25) is 0 Å². The zero-order valence-electron chi connectivity index (χ0n) is 18.8. The van der Waals surface area contributed by atoms with Gasteiger partial charge in [0.1, 0.15) is 5.82 Å². The fourth-order valence-electron chi connectivity index (χ4n) is 3.08. The van der Waals surface area contributed by atoms with Gasteiger partial charge in [-0.25, -0.2) is 14.6 Å². The lowest BCUT2D eigenvalue weighted by atomic mass is 10.2. The minimum Gasteiger partial charge on any atom is -0.380 e. The van der Waals surface area contributed by atoms with Crippen molar-refractivity contribution < 1.29 is 9.53 Å². The highest BCUT2D eigenvalue weighted by atomic mass is 32.2. The van der Waals surface area contributed by atoms with Crippen LogP contribution in [0.5, 0.6) is 0 Å². The molecule has 0 aliphatic rings. The lowest BCUT2D eigenvalue weighted by Gasteiger charge is -2.10. The van der Waals surface area contributed by atoms with Gasteiger partial charge < -0.3 is 15.4 Å². The Morgan fingerprint density at radius 3 is 2.81 bits per heavy atom. The minimum atomic E-state index is -0.0847. The topological polar surface area (TPSA) is 94.0 Å². The van der Waals surface area contributed by atoms with Gasteiger partial charge in [-0.3, -0.25) is 4.79 Å². The Bertz CT molecular complexity index is 1030. The first-order valence-corrected chi connectivity index (χ1v) is 13.0. The second kappa shape index (κ2) is 12.7. The van der Waals surface area contributed by atoms with Gasteiger partial charge in [0.25, 0.3) is 5.91 Å². The quantitative estimate of drug-likeness (QED) is 0.219. The first-order chi connectivity index (χ1) is 15.7. The van der Waals surface area contributed by atoms with E-state index in [0.717, 1.165) is 39.1 Å². The molecule has 0 aliphatic heterocycles. The molecule has 10 heteroatoms. The van der Waals surface area contributed by atoms with Crippen molar-refractivity contribution in [1.82, 2.24) is 25.1 Å². The molecular weight excluding hydrogens is 444 g/mol. The summed E-state index contributed by atoms with van der Waals surface area (Å²) in [5.41, 5.74) is 1.45. The number of carbonyl (C=O) groups excluding carboxylic acids is 1. The maximum absolute atomic E-state index is 12.6. The SMILES string of the molecule is CCCSc1nc(NCCOCC)c2cnn(CCNC(=O)c3ccccc3SC)c2n1. The van der Waals surface area contributed by atoms with Crippen molar-refractivity contribution in [1.29, 1.82) is 0 Å². The van der Waals surface area contributed by atoms with E-state index in [0.29, 0.717) is 38.4 Å². The van der Waals surface area contributed by atoms with Crippen LogP contribution in [0, 0.1) is 0 Å². The van der Waals surface area contributed by atoms with Crippen LogP contribution in [0.15, 0.2) is 40.5 Å². The molecular formula is C22H30N6O2S2. The zero-order chi connectivity index (χ0) is 22.8. The second-order valence-corrected chi connectivity index (χ2v) is 8.80. The Labute approximate surface area is 197 Å². The molecule has 1 aromatic carbocycles. The van der Waals surface area contributed by atoms with Gasteiger partial charge in [0.05, 0.1) is 30.3 Å². The maximum Gasteiger partial charge on any atom is 0.252 e. The molecule has 2 aromatic heterocycles. The molecule has 8 nitrogen and oxygen atoms in total. The average Bonchev–Trinajstić information content (AvgIpc) is 3.23. The number of carbonyl (C=O) groups is 1. The Hall–Kier alpha value is -2.30. The molecule has 0 saturated heterocycles. The van der Waals surface area contributed by atoms with Crippen LogP contribution >= 0.6 is 23.5 Å². The number of hydrogen-bond acceptors (Lipinski definition) is 8. The summed E-state index contributed by atoms with van der Waals surface area (Å²) in [6.07, 6.45) is 4.79. The van der Waals surface area contributed by atoms with Crippen LogP contribution in [0.3, 0.4) is 0 Å². The number of anilines is 1. The van der Waals surface area contributed by atoms with Crippen LogP contribution in [-0.2, 0) is 11.3 Å². The highest BCUT2D eigenvalue weighted by Crippen LogP contribution is 2.25. The molecule has 2 N–H and O–H groups in total. The molecule has 0 atom stereocenters. The molecule has 32 heavy (non-hydrogen) atoms. The van der Waals surface area contributed by atoms with Crippen LogP contribution in [0.4, 0.5) is 5.82 Å². The Morgan fingerprint density at radius 1 is 1.19 bits per heavy atom. The molecule has 0 aliphatic carbocycles. The fraction of sp³-hybridized carbons (Fsp3) is 0.455. The number of nitrogens with one attached hydrogen (secondary N) is 2. The summed E-state index contributed by atoms with van der Waals surface area (Å²) in [6, 6.07) is 7.61. The summed E-state index contributed by atoms with van der Waals surface area (Å²) in [6.45, 7) is 7.03. The standard InChI is InChI=1S/C22H30N6O2S2/c1-4-14-32-22-26-19(23-11-13-30-5-2)17-15-25-28(20(17)27-22)12-10-24-21(29)16-8-6-7-9-18(16)31-3/h6-9,15H,4-5,10-14H2,1-3H3,(H,24,29)(H,23,26,27). The van der Waals surface area contributed by atoms with Gasteiger partial charge >= 0.3 is 0 Å². The van der Waals surface area contributed by atoms with Crippen molar-refractivity contribution >= 4 is 46.3 Å². The van der Waals surface area contributed by atoms with E-state index in [1.165, 1.54) is 0 Å². The number of thioether (sulfide) groups is 2. The maximum atomic E-state index is 12.6. The van der Waals surface area contributed by atoms with Crippen LogP contribution in [0.1, 0.15) is 30.6 Å². The molecule has 0 saturated carbocycles. The van der Waals surface area contributed by atoms with Crippen molar-refractivity contribution in [2.75, 3.05) is 43.6 Å². The van der Waals surface area contributed by atoms with E-state index >= 15 is 0 Å². The minimum absolute atomic E-state index is 0.0847. The van der Waals surface area contributed by atoms with Gasteiger partial charge in [0.15, 0.2) is 10.8 Å². The van der Waals surface area contributed by atoms with E-state index in [4.69, 9.17) is 9.72 Å². The Kier molecular flexibility index (Phi) is 9.63. The first-order valence-electron chi connectivity index (χ1n) is 10.8. The summed E-state index contributed by atoms with van der Waals surface area (Å²) in [4.78, 5) is 23.0. The number of fused-ring (bicyclic) bond motifs is 1. The van der Waals surface area contributed by atoms with Gasteiger partial charge in [-0.1, -0.05) is 30.8 Å². The molecule has 3 rings (SSSR count). The van der Waals surface area contributed by atoms with Crippen LogP contribution in [-0.4, -0.2) is 64.0 Å². The van der Waals surface area contributed by atoms with Gasteiger partial charge in [-0.15, -0.1) is 11.8 Å². The Morgan fingerprint density at radius 2 is 2.03 bits per heavy atom. The summed E-state index contributed by atoms with van der Waals surface area (Å²) < 4.78 is 7.24. The van der Waals surface area contributed by atoms with Crippen molar-refractivity contribution in [2.45, 2.75) is 36.9 Å². The monoisotopic (exact) mass is 474 g/mol. The average molecular weight is 475 g/mol. The first kappa shape index (κ1) is 24.3. The van der Waals surface area contributed by atoms with E-state index in [-0.39, 0.29) is 5.91 Å². The van der Waals surface area contributed by atoms with Gasteiger partial charge in [0, 0.05) is 30.3 Å². The number of nitrogens with zero attached hydrogens (tertiary/aromatic N) is 4. The number of amides is 1. The van der Waals surface area contributed by atoms with Crippen molar-refractivity contribution in [3.05, 3.63) is 36.0 Å². The smallest absolute Gasteiger partial charge is 0.252 e. The van der Waals surface area contributed by atoms with Crippen LogP contribution < -0.4 is 10.6 Å². The third-order valence-corrected chi connectivity index (χ3v) is 6.46. The van der Waals surface area contributed by atoms with Crippen molar-refractivity contribution in [2.24, 2.45) is 0 Å². The number of rotatable bonds is 13. The number of aromatic nitrogens is 4. The lowest BCUT2D eigenvalue weighted by Crippen LogP contribution is -2.28. The molecule has 0 spiro atoms. The largest absolute Gasteiger partial charge is 0.380 e. The predicted octanol–water partition coefficient (Wildman–Crippen LogP) is 3.93. The van der Waals surface area contributed by atoms with Crippen molar-refractivity contribution in [3.8, 4) is 0 Å². The number of ether oxygens (including phenoxy) is 1. The molecule has 172 valence electrons. The third kappa shape index (κ3) is 6.36. The van der Waals surface area contributed by atoms with E-state index in [9.17, 15) is 4.79 Å². The summed E-state index contributed by atoms with van der Waals surface area (Å²) in [7, 11) is 0. The highest BCUT2D eigenvalue weighted by Gasteiger charge is 2.14. The Balaban J connectivity index is 1.72. The van der Waals surface area contributed by atoms with E-state index < -0.39 is 0 Å². The lowest BCUT2D eigenvalue weighted by molar-refractivity contribution is 0.0949. The predicted molar refractivity (Wildman–Crippen MR) is 132 cm³/mol. The second-order valence-electron chi connectivity index (χ2n) is 6.89. The molecule has 1 amide bonds. The third-order valence-electron chi connectivity index (χ3n) is 4.61. The normalized spacial score (nSPS) is 11.1. The van der Waals surface area contributed by atoms with Crippen molar-refractivity contribution in [3.63, 3.8) is 0 Å². The van der Waals surface area contributed by atoms with E-state index in [2.05, 4.69) is 27.6 Å². The molecule has 0 fully saturated rings. The summed E-state index contributed by atoms with van der Waals surface area (Å²) >= 11 is 3.19. The summed E-state index contributed by atoms with van der Waals surface area (Å²) in [5.74, 6) is 1.62. The summed E-state index contributed by atoms with van der Waals surface area (Å²) in [5, 5.41) is 12.4. The van der Waals surface area contributed by atoms with E-state index in [1.807, 2.05) is 42.1 Å². The van der Waals surface area contributed by atoms with E-state index in [1.54, 1.807) is 29.7 Å². The molecule has 3 aromatic rings. The van der Waals surface area contributed by atoms with Gasteiger partial charge in [-0.2, -0.15) is 5.10 Å². The number of benzene rings is 1. The highest BCUT2D eigenvalue weighted by molar-refractivity contribution is 7.99. The fourth-order valence-corrected chi connectivity index (χ4v) is 4.37. The van der Waals surface area contributed by atoms with Crippen LogP contribution in [0.2, 0.25) is 0 Å². The molecule has 2 heterocycles. The molecule has 0 bridgehead atoms. The zero-order valence-corrected chi connectivity index (χ0v) is 20.4. The molecule has 0 unspecified atom stereocenters. The van der Waals surface area contributed by atoms with Crippen LogP contribution in [0.25, 0.3) is 11.0 Å². The number of hydrogen-bond donors (Lipinski definition) is 2.